The molecular weight excluding hydrogens is 556 g/mol. The summed E-state index contributed by atoms with van der Waals surface area (Å²) in [6, 6.07) is -0.517. The lowest BCUT2D eigenvalue weighted by atomic mass is 9.86. The van der Waals surface area contributed by atoms with E-state index in [0.29, 0.717) is 48.5 Å². The molecule has 5 N–H and O–H groups in total. The van der Waals surface area contributed by atoms with Crippen LogP contribution in [0.15, 0.2) is 70.7 Å². The number of aliphatic hydroxyl groups is 2. The van der Waals surface area contributed by atoms with Crippen molar-refractivity contribution in [3.8, 4) is 0 Å². The number of allylic oxidation sites excluding steroid dienone is 10. The van der Waals surface area contributed by atoms with E-state index in [1.165, 1.54) is 18.2 Å². The van der Waals surface area contributed by atoms with Gasteiger partial charge in [0.05, 0.1) is 11.1 Å². The van der Waals surface area contributed by atoms with Gasteiger partial charge in [0.2, 0.25) is 12.3 Å². The summed E-state index contributed by atoms with van der Waals surface area (Å²) >= 11 is 11.9. The minimum atomic E-state index is -0.666. The lowest BCUT2D eigenvalue weighted by molar-refractivity contribution is -0.123. The number of hydrogen-bond donors (Lipinski definition) is 5. The van der Waals surface area contributed by atoms with Gasteiger partial charge in [-0.2, -0.15) is 0 Å². The Labute approximate surface area is 249 Å². The average molecular weight is 603 g/mol. The summed E-state index contributed by atoms with van der Waals surface area (Å²) in [7, 11) is 0. The number of nitrogens with one attached hydrogen (secondary N) is 3. The molecule has 10 heteroatoms. The van der Waals surface area contributed by atoms with Gasteiger partial charge in [0.1, 0.15) is 5.83 Å². The Bertz CT molecular complexity index is 945. The number of aliphatic hydroxyl groups excluding tert-OH is 2. The second-order valence-corrected chi connectivity index (χ2v) is 11.9. The number of carbonyl (C=O) groups is 2. The monoisotopic (exact) mass is 601 g/mol. The fraction of sp³-hybridized carbons (Fsp3) is 0.533. The molecule has 0 radical (unpaired) electrons. The molecule has 226 valence electrons. The maximum Gasteiger partial charge on any atom is 0.237 e. The maximum atomic E-state index is 14.5. The van der Waals surface area contributed by atoms with Crippen LogP contribution < -0.4 is 16.0 Å². The topological polar surface area (TPSA) is 111 Å². The maximum absolute atomic E-state index is 14.5. The van der Waals surface area contributed by atoms with Gasteiger partial charge in [0.25, 0.3) is 0 Å². The number of hydrogen-bond acceptors (Lipinski definition) is 5. The molecule has 1 aliphatic rings. The van der Waals surface area contributed by atoms with Crippen LogP contribution in [0.1, 0.15) is 47.5 Å². The SMILES string of the molecule is C=C/C(Cl)=C\C=C/C[C@@H]1C(/C=C/C(F)=C(Cl)\C=C(/C)NC=O)CN[C@H]1C(=O)NCCC(CO)CO.CC(C)(C)C. The lowest BCUT2D eigenvalue weighted by Gasteiger charge is -2.21. The summed E-state index contributed by atoms with van der Waals surface area (Å²) in [4.78, 5) is 23.3. The zero-order valence-corrected chi connectivity index (χ0v) is 25.7. The molecule has 1 heterocycles. The summed E-state index contributed by atoms with van der Waals surface area (Å²) in [5.41, 5.74) is 0.895. The van der Waals surface area contributed by atoms with E-state index in [1.54, 1.807) is 25.2 Å². The Morgan fingerprint density at radius 3 is 2.40 bits per heavy atom. The van der Waals surface area contributed by atoms with Gasteiger partial charge in [-0.15, -0.1) is 0 Å². The zero-order valence-electron chi connectivity index (χ0n) is 24.2. The molecule has 0 bridgehead atoms. The first-order valence-corrected chi connectivity index (χ1v) is 14.0. The van der Waals surface area contributed by atoms with E-state index in [2.05, 4.69) is 50.2 Å². The van der Waals surface area contributed by atoms with Crippen LogP contribution >= 0.6 is 23.2 Å². The molecule has 2 amide bonds. The third-order valence-electron chi connectivity index (χ3n) is 5.54. The fourth-order valence-corrected chi connectivity index (χ4v) is 3.82. The Kier molecular flexibility index (Phi) is 19.5. The largest absolute Gasteiger partial charge is 0.396 e. The summed E-state index contributed by atoms with van der Waals surface area (Å²) in [5, 5.41) is 27.1. The predicted molar refractivity (Wildman–Crippen MR) is 163 cm³/mol. The van der Waals surface area contributed by atoms with E-state index in [9.17, 15) is 24.2 Å². The van der Waals surface area contributed by atoms with Crippen LogP contribution in [0.3, 0.4) is 0 Å². The highest BCUT2D eigenvalue weighted by atomic mass is 35.5. The van der Waals surface area contributed by atoms with Crippen molar-refractivity contribution in [3.63, 3.8) is 0 Å². The predicted octanol–water partition coefficient (Wildman–Crippen LogP) is 5.23. The Morgan fingerprint density at radius 2 is 1.85 bits per heavy atom. The summed E-state index contributed by atoms with van der Waals surface area (Å²) in [5.74, 6) is -1.50. The highest BCUT2D eigenvalue weighted by Crippen LogP contribution is 2.29. The van der Waals surface area contributed by atoms with Crippen molar-refractivity contribution >= 4 is 35.5 Å². The standard InChI is InChI=1S/C25H34Cl2FN3O4.C5H12/c1-3-20(26)6-4-5-7-21-19(8-9-23(28)22(27)12-17(2)31-16-34)13-30-24(21)25(35)29-11-10-18(14-32)15-33;1-5(2,3)4/h3-6,8-9,12,16,18-19,21,24,30,32-33H,1,7,10-11,13-15H2,2H3,(H,29,35)(H,31,34);1-4H3/b5-4-,9-8+,17-12+,20-6+,23-22-;/t19?,21-,24-;/m1./s1. The second kappa shape index (κ2) is 20.6. The molecule has 0 aromatic carbocycles. The van der Waals surface area contributed by atoms with Crippen LogP contribution in [0.25, 0.3) is 0 Å². The van der Waals surface area contributed by atoms with E-state index < -0.39 is 11.9 Å². The number of amides is 2. The van der Waals surface area contributed by atoms with Gasteiger partial charge < -0.3 is 26.2 Å². The molecule has 0 aromatic heterocycles. The first-order valence-electron chi connectivity index (χ1n) is 13.3. The molecule has 1 unspecified atom stereocenters. The van der Waals surface area contributed by atoms with Gasteiger partial charge in [-0.25, -0.2) is 4.39 Å². The quantitative estimate of drug-likeness (QED) is 0.130. The second-order valence-electron chi connectivity index (χ2n) is 11.1. The molecule has 3 atom stereocenters. The van der Waals surface area contributed by atoms with Crippen LogP contribution in [-0.4, -0.2) is 54.9 Å². The lowest BCUT2D eigenvalue weighted by Crippen LogP contribution is -2.44. The highest BCUT2D eigenvalue weighted by molar-refractivity contribution is 6.31. The zero-order chi connectivity index (χ0) is 30.7. The molecule has 40 heavy (non-hydrogen) atoms. The van der Waals surface area contributed by atoms with Gasteiger partial charge in [-0.1, -0.05) is 81.8 Å². The minimum Gasteiger partial charge on any atom is -0.396 e. The third-order valence-corrected chi connectivity index (χ3v) is 6.11. The summed E-state index contributed by atoms with van der Waals surface area (Å²) < 4.78 is 14.5. The van der Waals surface area contributed by atoms with Crippen molar-refractivity contribution in [1.29, 1.82) is 0 Å². The van der Waals surface area contributed by atoms with Crippen molar-refractivity contribution in [2.75, 3.05) is 26.3 Å². The van der Waals surface area contributed by atoms with Crippen LogP contribution in [0.4, 0.5) is 4.39 Å². The van der Waals surface area contributed by atoms with E-state index in [1.807, 2.05) is 6.08 Å². The van der Waals surface area contributed by atoms with Crippen LogP contribution in [0.2, 0.25) is 0 Å². The molecule has 0 aliphatic carbocycles. The van der Waals surface area contributed by atoms with Crippen molar-refractivity contribution in [2.45, 2.75) is 53.5 Å². The number of rotatable bonds is 15. The van der Waals surface area contributed by atoms with E-state index >= 15 is 0 Å². The van der Waals surface area contributed by atoms with Crippen molar-refractivity contribution in [3.05, 3.63) is 70.7 Å². The van der Waals surface area contributed by atoms with E-state index in [0.717, 1.165) is 0 Å². The van der Waals surface area contributed by atoms with E-state index in [-0.39, 0.29) is 41.9 Å². The summed E-state index contributed by atoms with van der Waals surface area (Å²) in [6.45, 7) is 14.4. The normalized spacial score (nSPS) is 20.8. The molecule has 0 saturated carbocycles. The van der Waals surface area contributed by atoms with Crippen LogP contribution in [0.5, 0.6) is 0 Å². The molecular formula is C30H46Cl2FN3O4. The van der Waals surface area contributed by atoms with Crippen molar-refractivity contribution < 1.29 is 24.2 Å². The van der Waals surface area contributed by atoms with Crippen LogP contribution in [-0.2, 0) is 9.59 Å². The Balaban J connectivity index is 0.00000277. The Hall–Kier alpha value is -2.23. The minimum absolute atomic E-state index is 0.156. The highest BCUT2D eigenvalue weighted by Gasteiger charge is 2.37. The van der Waals surface area contributed by atoms with E-state index in [4.69, 9.17) is 23.2 Å². The molecule has 1 rings (SSSR count). The molecule has 1 fully saturated rings. The average Bonchev–Trinajstić information content (AvgIpc) is 3.29. The molecule has 1 saturated heterocycles. The number of halogens is 3. The van der Waals surface area contributed by atoms with Gasteiger partial charge in [0, 0.05) is 43.0 Å². The van der Waals surface area contributed by atoms with Gasteiger partial charge in [-0.3, -0.25) is 9.59 Å². The van der Waals surface area contributed by atoms with Crippen molar-refractivity contribution in [2.24, 2.45) is 23.2 Å². The summed E-state index contributed by atoms with van der Waals surface area (Å²) in [6.07, 6.45) is 12.5. The first kappa shape index (κ1) is 37.8. The first-order chi connectivity index (χ1) is 18.8. The van der Waals surface area contributed by atoms with Gasteiger partial charge >= 0.3 is 0 Å². The molecule has 0 aromatic rings. The van der Waals surface area contributed by atoms with Crippen LogP contribution in [0, 0.1) is 23.2 Å². The molecule has 1 aliphatic heterocycles. The Morgan fingerprint density at radius 1 is 1.23 bits per heavy atom. The number of carbonyl (C=O) groups excluding carboxylic acids is 2. The third kappa shape index (κ3) is 17.5. The molecule has 0 spiro atoms. The van der Waals surface area contributed by atoms with Gasteiger partial charge in [0.15, 0.2) is 0 Å². The van der Waals surface area contributed by atoms with Gasteiger partial charge in [-0.05, 0) is 55.2 Å². The smallest absolute Gasteiger partial charge is 0.237 e. The van der Waals surface area contributed by atoms with Crippen molar-refractivity contribution in [1.82, 2.24) is 16.0 Å². The molecule has 7 nitrogen and oxygen atoms in total. The fourth-order valence-electron chi connectivity index (χ4n) is 3.52.